The second kappa shape index (κ2) is 4.38. The first-order valence-corrected chi connectivity index (χ1v) is 4.48. The fourth-order valence-corrected chi connectivity index (χ4v) is 1.29. The molecule has 0 N–H and O–H groups in total. The van der Waals surface area contributed by atoms with Gasteiger partial charge in [-0.2, -0.15) is 0 Å². The van der Waals surface area contributed by atoms with Crippen molar-refractivity contribution < 1.29 is 28.0 Å². The molecule has 1 aliphatic rings. The van der Waals surface area contributed by atoms with Gasteiger partial charge < -0.3 is 4.74 Å². The van der Waals surface area contributed by atoms with Gasteiger partial charge >= 0.3 is 18.9 Å². The predicted molar refractivity (Wildman–Crippen MR) is 51.8 cm³/mol. The summed E-state index contributed by atoms with van der Waals surface area (Å²) in [7, 11) is 0. The Bertz CT molecular complexity index is 390. The van der Waals surface area contributed by atoms with Gasteiger partial charge in [0.15, 0.2) is 0 Å². The van der Waals surface area contributed by atoms with Gasteiger partial charge in [0.1, 0.15) is 12.5 Å². The third kappa shape index (κ3) is 2.84. The van der Waals surface area contributed by atoms with Gasteiger partial charge in [-0.3, -0.25) is 4.99 Å². The fourth-order valence-electron chi connectivity index (χ4n) is 1.29. The molecule has 74 valence electrons. The average Bonchev–Trinajstić information content (AvgIpc) is 2.46. The average molecular weight is 199 g/mol. The Morgan fingerprint density at radius 2 is 2.20 bits per heavy atom. The maximum absolute atomic E-state index is 12.8. The van der Waals surface area contributed by atoms with Crippen molar-refractivity contribution in [1.82, 2.24) is 0 Å². The number of hydrogen-bond donors (Lipinski definition) is 0. The van der Waals surface area contributed by atoms with Crippen LogP contribution in [0.5, 0.6) is 0 Å². The maximum atomic E-state index is 12.8. The predicted octanol–water partition coefficient (Wildman–Crippen LogP) is -0.815. The molecule has 1 aromatic rings. The molecule has 1 heterocycles. The van der Waals surface area contributed by atoms with Crippen molar-refractivity contribution in [3.63, 3.8) is 0 Å². The number of benzene rings is 1. The van der Waals surface area contributed by atoms with E-state index in [2.05, 4.69) is 11.1 Å². The molecule has 0 saturated heterocycles. The summed E-state index contributed by atoms with van der Waals surface area (Å²) >= 11 is 0. The van der Waals surface area contributed by atoms with E-state index in [0.717, 1.165) is 0 Å². The van der Waals surface area contributed by atoms with E-state index in [1.165, 1.54) is 6.07 Å². The number of nitrogens with zero attached hydrogens (tertiary/aromatic N) is 1. The molecule has 0 fully saturated rings. The monoisotopic (exact) mass is 199 g/mol. The minimum Gasteiger partial charge on any atom is -0.518 e. The molecular formula is C11H11FLiNO. The van der Waals surface area contributed by atoms with Crippen molar-refractivity contribution in [2.45, 2.75) is 19.4 Å². The zero-order chi connectivity index (χ0) is 10.2. The van der Waals surface area contributed by atoms with E-state index in [9.17, 15) is 4.39 Å². The first-order chi connectivity index (χ1) is 6.57. The molecule has 1 aromatic carbocycles. The van der Waals surface area contributed by atoms with E-state index in [1.807, 2.05) is 13.8 Å². The number of ether oxygens (including phenoxy) is 1. The summed E-state index contributed by atoms with van der Waals surface area (Å²) in [6.07, 6.45) is 0. The van der Waals surface area contributed by atoms with E-state index in [0.29, 0.717) is 18.1 Å². The topological polar surface area (TPSA) is 21.6 Å². The van der Waals surface area contributed by atoms with Crippen molar-refractivity contribution in [2.24, 2.45) is 4.99 Å². The van der Waals surface area contributed by atoms with Crippen LogP contribution in [0.1, 0.15) is 19.4 Å². The minimum atomic E-state index is -0.390. The van der Waals surface area contributed by atoms with Crippen molar-refractivity contribution in [2.75, 3.05) is 6.61 Å². The van der Waals surface area contributed by atoms with E-state index < -0.39 is 5.82 Å². The van der Waals surface area contributed by atoms with Crippen LogP contribution in [0.15, 0.2) is 23.2 Å². The van der Waals surface area contributed by atoms with Gasteiger partial charge in [0, 0.05) is 5.82 Å². The molecule has 0 atom stereocenters. The van der Waals surface area contributed by atoms with Crippen LogP contribution in [-0.4, -0.2) is 18.0 Å². The van der Waals surface area contributed by atoms with Crippen LogP contribution in [-0.2, 0) is 4.74 Å². The Balaban J connectivity index is 0.00000112. The molecule has 0 saturated carbocycles. The number of rotatable bonds is 1. The van der Waals surface area contributed by atoms with Crippen LogP contribution in [0.3, 0.4) is 0 Å². The molecule has 0 spiro atoms. The van der Waals surface area contributed by atoms with Crippen LogP contribution in [0.4, 0.5) is 4.39 Å². The molecule has 0 bridgehead atoms. The van der Waals surface area contributed by atoms with Gasteiger partial charge in [0.05, 0.1) is 5.54 Å². The zero-order valence-electron chi connectivity index (χ0n) is 9.17. The van der Waals surface area contributed by atoms with Crippen LogP contribution in [0.25, 0.3) is 0 Å². The molecule has 0 amide bonds. The van der Waals surface area contributed by atoms with E-state index >= 15 is 0 Å². The Hall–Kier alpha value is -0.783. The summed E-state index contributed by atoms with van der Waals surface area (Å²) in [5, 5.41) is 0. The summed E-state index contributed by atoms with van der Waals surface area (Å²) in [4.78, 5) is 4.33. The number of aliphatic imine (C=N–C) groups is 1. The van der Waals surface area contributed by atoms with E-state index in [1.54, 1.807) is 12.1 Å². The minimum absolute atomic E-state index is 0. The first-order valence-electron chi connectivity index (χ1n) is 4.48. The molecule has 15 heavy (non-hydrogen) atoms. The quantitative estimate of drug-likeness (QED) is 0.428. The molecule has 0 aliphatic carbocycles. The summed E-state index contributed by atoms with van der Waals surface area (Å²) in [6, 6.07) is 7.28. The Kier molecular flexibility index (Phi) is 3.59. The molecule has 2 nitrogen and oxygen atoms in total. The SMILES string of the molecule is CC1(C)COC(c2[c-]c(F)ccc2)=N1.[Li+]. The second-order valence-electron chi connectivity index (χ2n) is 3.93. The first kappa shape index (κ1) is 12.3. The molecule has 1 aliphatic heterocycles. The fraction of sp³-hybridized carbons (Fsp3) is 0.364. The van der Waals surface area contributed by atoms with Crippen LogP contribution < -0.4 is 18.9 Å². The number of halogens is 1. The van der Waals surface area contributed by atoms with E-state index in [-0.39, 0.29) is 24.4 Å². The maximum Gasteiger partial charge on any atom is 1.00 e. The third-order valence-corrected chi connectivity index (χ3v) is 1.96. The van der Waals surface area contributed by atoms with Gasteiger partial charge in [0.2, 0.25) is 0 Å². The van der Waals surface area contributed by atoms with E-state index in [4.69, 9.17) is 4.74 Å². The van der Waals surface area contributed by atoms with Gasteiger partial charge in [-0.25, -0.2) is 4.39 Å². The molecule has 0 unspecified atom stereocenters. The van der Waals surface area contributed by atoms with Crippen molar-refractivity contribution >= 4 is 5.90 Å². The largest absolute Gasteiger partial charge is 1.00 e. The zero-order valence-corrected chi connectivity index (χ0v) is 9.17. The molecule has 4 heteroatoms. The van der Waals surface area contributed by atoms with Crippen LogP contribution in [0, 0.1) is 11.9 Å². The summed E-state index contributed by atoms with van der Waals surface area (Å²) in [6.45, 7) is 4.48. The molecule has 2 rings (SSSR count). The van der Waals surface area contributed by atoms with Crippen LogP contribution in [0.2, 0.25) is 0 Å². The van der Waals surface area contributed by atoms with Gasteiger partial charge in [-0.1, -0.05) is 5.56 Å². The van der Waals surface area contributed by atoms with Gasteiger partial charge in [0.25, 0.3) is 0 Å². The van der Waals surface area contributed by atoms with Gasteiger partial charge in [-0.15, -0.1) is 24.3 Å². The Labute approximate surface area is 101 Å². The van der Waals surface area contributed by atoms with Gasteiger partial charge in [-0.05, 0) is 13.8 Å². The van der Waals surface area contributed by atoms with Crippen molar-refractivity contribution in [3.05, 3.63) is 35.6 Å². The van der Waals surface area contributed by atoms with Crippen LogP contribution >= 0.6 is 0 Å². The summed E-state index contributed by atoms with van der Waals surface area (Å²) in [5.41, 5.74) is 0.366. The van der Waals surface area contributed by atoms with Crippen molar-refractivity contribution in [1.29, 1.82) is 0 Å². The van der Waals surface area contributed by atoms with Crippen molar-refractivity contribution in [3.8, 4) is 0 Å². The molecule has 0 aromatic heterocycles. The Morgan fingerprint density at radius 1 is 1.47 bits per heavy atom. The summed E-state index contributed by atoms with van der Waals surface area (Å²) in [5.74, 6) is 0.0907. The summed E-state index contributed by atoms with van der Waals surface area (Å²) < 4.78 is 18.2. The smallest absolute Gasteiger partial charge is 0.518 e. The Morgan fingerprint density at radius 3 is 2.73 bits per heavy atom. The standard InChI is InChI=1S/C11H11FNO.Li/c1-11(2)7-14-10(13-11)8-4-3-5-9(12)6-8;/h3-5H,7H2,1-2H3;/q-1;+1. The molecular weight excluding hydrogens is 188 g/mol. The molecule has 0 radical (unpaired) electrons. The normalized spacial score (nSPS) is 17.7. The number of hydrogen-bond acceptors (Lipinski definition) is 2. The second-order valence-corrected chi connectivity index (χ2v) is 3.93. The third-order valence-electron chi connectivity index (χ3n) is 1.96.